The Kier molecular flexibility index (Phi) is 2.74. The smallest absolute Gasteiger partial charge is 0.296 e. The summed E-state index contributed by atoms with van der Waals surface area (Å²) in [6.45, 7) is 1.37. The van der Waals surface area contributed by atoms with Crippen LogP contribution in [0, 0.1) is 0 Å². The number of carbonyl (C=O) groups excluding carboxylic acids is 1. The maximum atomic E-state index is 12.0. The highest BCUT2D eigenvalue weighted by Crippen LogP contribution is 2.01. The Balaban J connectivity index is 2.82. The van der Waals surface area contributed by atoms with Crippen LogP contribution in [0.25, 0.3) is 10.9 Å². The number of hydrogen-bond donors (Lipinski definition) is 1. The van der Waals surface area contributed by atoms with Crippen molar-refractivity contribution in [1.82, 2.24) is 9.13 Å². The lowest BCUT2D eigenvalue weighted by atomic mass is 10.3. The van der Waals surface area contributed by atoms with Gasteiger partial charge in [0, 0.05) is 27.1 Å². The molecule has 0 aromatic carbocycles. The van der Waals surface area contributed by atoms with Crippen LogP contribution in [-0.2, 0) is 18.9 Å². The molecule has 0 saturated heterocycles. The van der Waals surface area contributed by atoms with Crippen molar-refractivity contribution in [2.24, 2.45) is 14.1 Å². The molecular weight excluding hydrogens is 236 g/mol. The van der Waals surface area contributed by atoms with Crippen molar-refractivity contribution >= 4 is 16.8 Å². The summed E-state index contributed by atoms with van der Waals surface area (Å²) in [4.78, 5) is 34.6. The van der Waals surface area contributed by atoms with Crippen LogP contribution in [0.4, 0.5) is 0 Å². The van der Waals surface area contributed by atoms with Gasteiger partial charge in [0.05, 0.1) is 5.52 Å². The third-order valence-electron chi connectivity index (χ3n) is 2.69. The second-order valence-corrected chi connectivity index (χ2v) is 4.02. The van der Waals surface area contributed by atoms with E-state index in [9.17, 15) is 14.4 Å². The topological polar surface area (TPSA) is 77.0 Å². The third kappa shape index (κ3) is 1.79. The predicted octanol–water partition coefficient (Wildman–Crippen LogP) is -1.39. The van der Waals surface area contributed by atoms with Crippen molar-refractivity contribution in [3.63, 3.8) is 0 Å². The molecule has 1 N–H and O–H groups in total. The minimum absolute atomic E-state index is 0.249. The number of rotatable bonds is 1. The molecule has 0 aliphatic rings. The Hall–Kier alpha value is -2.44. The lowest BCUT2D eigenvalue weighted by Gasteiger charge is -2.05. The van der Waals surface area contributed by atoms with Crippen molar-refractivity contribution in [1.29, 1.82) is 0 Å². The molecule has 94 valence electrons. The number of fused-ring (bicyclic) bond motifs is 1. The number of hydrogen-bond acceptors (Lipinski definition) is 3. The third-order valence-corrected chi connectivity index (χ3v) is 2.69. The van der Waals surface area contributed by atoms with E-state index in [0.717, 1.165) is 4.57 Å². The fourth-order valence-electron chi connectivity index (χ4n) is 1.79. The van der Waals surface area contributed by atoms with Gasteiger partial charge in [-0.1, -0.05) is 4.68 Å². The molecule has 0 aliphatic carbocycles. The van der Waals surface area contributed by atoms with Crippen molar-refractivity contribution in [3.05, 3.63) is 39.3 Å². The number of aromatic nitrogens is 3. The number of carbonyl (C=O) groups is 1. The van der Waals surface area contributed by atoms with Crippen LogP contribution >= 0.6 is 0 Å². The molecule has 2 aromatic heterocycles. The van der Waals surface area contributed by atoms with E-state index >= 15 is 0 Å². The van der Waals surface area contributed by atoms with Gasteiger partial charge in [-0.25, -0.2) is 4.79 Å². The highest BCUT2D eigenvalue weighted by Gasteiger charge is 2.13. The summed E-state index contributed by atoms with van der Waals surface area (Å²) < 4.78 is 3.80. The van der Waals surface area contributed by atoms with Gasteiger partial charge in [0.25, 0.3) is 11.5 Å². The Morgan fingerprint density at radius 1 is 1.28 bits per heavy atom. The zero-order chi connectivity index (χ0) is 13.4. The molecule has 0 fully saturated rings. The summed E-state index contributed by atoms with van der Waals surface area (Å²) in [5.41, 5.74) is 2.26. The van der Waals surface area contributed by atoms with Crippen LogP contribution in [0.1, 0.15) is 6.92 Å². The Bertz CT molecular complexity index is 757. The largest absolute Gasteiger partial charge is 0.330 e. The molecule has 2 heterocycles. The molecule has 2 rings (SSSR count). The monoisotopic (exact) mass is 249 g/mol. The standard InChI is InChI=1S/C11H12N4O3/c1-7(16)12-15-5-4-9-8(6-15)10(17)14(3)11(18)13(9)2/h4-6H,1-3H3/p+1. The lowest BCUT2D eigenvalue weighted by molar-refractivity contribution is -0.640. The predicted molar refractivity (Wildman–Crippen MR) is 64.7 cm³/mol. The molecule has 18 heavy (non-hydrogen) atoms. The van der Waals surface area contributed by atoms with Gasteiger partial charge in [-0.3, -0.25) is 18.7 Å². The van der Waals surface area contributed by atoms with Crippen LogP contribution in [-0.4, -0.2) is 15.0 Å². The average molecular weight is 249 g/mol. The molecule has 1 amide bonds. The molecule has 7 nitrogen and oxygen atoms in total. The maximum absolute atomic E-state index is 12.0. The van der Waals surface area contributed by atoms with E-state index in [4.69, 9.17) is 0 Å². The lowest BCUT2D eigenvalue weighted by Crippen LogP contribution is -2.48. The fraction of sp³-hybridized carbons (Fsp3) is 0.273. The summed E-state index contributed by atoms with van der Waals surface area (Å²) >= 11 is 0. The van der Waals surface area contributed by atoms with E-state index in [1.807, 2.05) is 0 Å². The fourth-order valence-corrected chi connectivity index (χ4v) is 1.79. The molecule has 0 aliphatic heterocycles. The molecule has 2 aromatic rings. The zero-order valence-electron chi connectivity index (χ0n) is 10.3. The first-order chi connectivity index (χ1) is 8.41. The van der Waals surface area contributed by atoms with E-state index in [2.05, 4.69) is 5.43 Å². The first-order valence-electron chi connectivity index (χ1n) is 5.30. The van der Waals surface area contributed by atoms with Crippen LogP contribution in [0.3, 0.4) is 0 Å². The Labute approximate surface area is 102 Å². The van der Waals surface area contributed by atoms with Gasteiger partial charge in [0.2, 0.25) is 12.4 Å². The van der Waals surface area contributed by atoms with Crippen molar-refractivity contribution < 1.29 is 9.47 Å². The van der Waals surface area contributed by atoms with Crippen LogP contribution in [0.2, 0.25) is 0 Å². The first-order valence-corrected chi connectivity index (χ1v) is 5.30. The quantitative estimate of drug-likeness (QED) is 0.632. The van der Waals surface area contributed by atoms with Crippen LogP contribution < -0.4 is 21.4 Å². The molecular formula is C11H13N4O3+. The molecule has 0 spiro atoms. The van der Waals surface area contributed by atoms with Gasteiger partial charge >= 0.3 is 5.69 Å². The summed E-state index contributed by atoms with van der Waals surface area (Å²) in [6.07, 6.45) is 3.06. The highest BCUT2D eigenvalue weighted by atomic mass is 16.2. The average Bonchev–Trinajstić information content (AvgIpc) is 2.33. The number of aryl methyl sites for hydroxylation is 1. The van der Waals surface area contributed by atoms with E-state index < -0.39 is 5.56 Å². The Morgan fingerprint density at radius 3 is 2.56 bits per heavy atom. The van der Waals surface area contributed by atoms with Crippen LogP contribution in [0.15, 0.2) is 28.0 Å². The second-order valence-electron chi connectivity index (χ2n) is 4.02. The molecule has 0 atom stereocenters. The molecule has 0 unspecified atom stereocenters. The van der Waals surface area contributed by atoms with Crippen LogP contribution in [0.5, 0.6) is 0 Å². The maximum Gasteiger partial charge on any atom is 0.330 e. The summed E-state index contributed by atoms with van der Waals surface area (Å²) in [6, 6.07) is 1.61. The number of nitrogens with one attached hydrogen (secondary N) is 1. The number of pyridine rings is 1. The number of amides is 1. The van der Waals surface area contributed by atoms with Gasteiger partial charge in [-0.2, -0.15) is 0 Å². The van der Waals surface area contributed by atoms with Gasteiger partial charge in [0.15, 0.2) is 0 Å². The Morgan fingerprint density at radius 2 is 1.94 bits per heavy atom. The molecule has 7 heteroatoms. The molecule has 0 radical (unpaired) electrons. The second kappa shape index (κ2) is 4.10. The number of nitrogens with zero attached hydrogens (tertiary/aromatic N) is 3. The van der Waals surface area contributed by atoms with Crippen molar-refractivity contribution in [2.45, 2.75) is 6.92 Å². The van der Waals surface area contributed by atoms with E-state index in [0.29, 0.717) is 10.9 Å². The summed E-state index contributed by atoms with van der Waals surface area (Å²) in [7, 11) is 3.01. The van der Waals surface area contributed by atoms with Gasteiger partial charge in [0.1, 0.15) is 5.39 Å². The minimum Gasteiger partial charge on any atom is -0.296 e. The summed E-state index contributed by atoms with van der Waals surface area (Å²) in [5, 5.41) is 0.357. The summed E-state index contributed by atoms with van der Waals surface area (Å²) in [5.74, 6) is -0.249. The van der Waals surface area contributed by atoms with Crippen molar-refractivity contribution in [3.8, 4) is 0 Å². The van der Waals surface area contributed by atoms with E-state index in [-0.39, 0.29) is 11.6 Å². The van der Waals surface area contributed by atoms with Gasteiger partial charge < -0.3 is 0 Å². The van der Waals surface area contributed by atoms with Crippen molar-refractivity contribution in [2.75, 3.05) is 5.43 Å². The van der Waals surface area contributed by atoms with E-state index in [1.165, 1.54) is 29.4 Å². The molecule has 0 bridgehead atoms. The SMILES string of the molecule is CC(=O)N[n+]1ccc2c(c1)c(=O)n(C)c(=O)n2C. The van der Waals surface area contributed by atoms with Gasteiger partial charge in [-0.05, 0) is 0 Å². The normalized spacial score (nSPS) is 10.6. The van der Waals surface area contributed by atoms with E-state index in [1.54, 1.807) is 19.3 Å². The first kappa shape index (κ1) is 12.0. The van der Waals surface area contributed by atoms with Gasteiger partial charge in [-0.15, -0.1) is 5.43 Å². The minimum atomic E-state index is -0.396. The molecule has 0 saturated carbocycles. The highest BCUT2D eigenvalue weighted by molar-refractivity contribution is 5.79. The zero-order valence-corrected chi connectivity index (χ0v) is 10.3.